The molecule has 1 aliphatic carbocycles. The molecular formula is C44H38N2. The van der Waals surface area contributed by atoms with Crippen LogP contribution in [0.5, 0.6) is 0 Å². The number of para-hydroxylation sites is 1. The Bertz CT molecular complexity index is 2200. The second-order valence-corrected chi connectivity index (χ2v) is 12.1. The van der Waals surface area contributed by atoms with Crippen LogP contribution in [0.4, 0.5) is 0 Å². The van der Waals surface area contributed by atoms with Crippen LogP contribution < -0.4 is 0 Å². The lowest BCUT2D eigenvalue weighted by Crippen LogP contribution is -2.03. The topological polar surface area (TPSA) is 28.8 Å². The molecule has 2 nitrogen and oxygen atoms in total. The predicted octanol–water partition coefficient (Wildman–Crippen LogP) is 12.0. The van der Waals surface area contributed by atoms with Gasteiger partial charge >= 0.3 is 0 Å². The summed E-state index contributed by atoms with van der Waals surface area (Å²) in [5.41, 5.74) is 14.7. The summed E-state index contributed by atoms with van der Waals surface area (Å²) in [5, 5.41) is 11.4. The van der Waals surface area contributed by atoms with Crippen LogP contribution in [0.2, 0.25) is 0 Å². The standard InChI is InChI=1S/C44H38N2/c1-4-5-7-10-32-13-15-34(16-14-32)37-22-25-41-42-26-23-38-27-36(35-19-17-33(18-20-35)31(3)30(2)29-45)21-24-40(38)44(42)46(43(41)28-37)39-11-8-6-9-12-39/h4-21,23-24,26-29,45H,22,25H2,1-3H3/b5-4-,10-7-,31-30+,45-29?. The molecule has 5 aromatic carbocycles. The number of aromatic nitrogens is 1. The Morgan fingerprint density at radius 2 is 1.43 bits per heavy atom. The van der Waals surface area contributed by atoms with Crippen molar-refractivity contribution < 1.29 is 0 Å². The maximum Gasteiger partial charge on any atom is 0.0616 e. The summed E-state index contributed by atoms with van der Waals surface area (Å²) in [4.78, 5) is 0. The number of nitrogens with one attached hydrogen (secondary N) is 1. The van der Waals surface area contributed by atoms with Crippen molar-refractivity contribution in [2.45, 2.75) is 33.6 Å². The van der Waals surface area contributed by atoms with Gasteiger partial charge in [-0.05, 0) is 113 Å². The van der Waals surface area contributed by atoms with Gasteiger partial charge in [-0.2, -0.15) is 0 Å². The van der Waals surface area contributed by atoms with Gasteiger partial charge in [-0.15, -0.1) is 0 Å². The van der Waals surface area contributed by atoms with Crippen LogP contribution in [0.15, 0.2) is 133 Å². The first kappa shape index (κ1) is 29.3. The summed E-state index contributed by atoms with van der Waals surface area (Å²) in [5.74, 6) is 0. The van der Waals surface area contributed by atoms with E-state index in [1.165, 1.54) is 72.7 Å². The monoisotopic (exact) mass is 594 g/mol. The first-order valence-corrected chi connectivity index (χ1v) is 16.1. The number of fused-ring (bicyclic) bond motifs is 5. The highest BCUT2D eigenvalue weighted by atomic mass is 15.0. The third-order valence-electron chi connectivity index (χ3n) is 9.39. The molecule has 0 saturated heterocycles. The van der Waals surface area contributed by atoms with E-state index in [0.29, 0.717) is 0 Å². The van der Waals surface area contributed by atoms with E-state index < -0.39 is 0 Å². The van der Waals surface area contributed by atoms with Crippen LogP contribution in [0, 0.1) is 5.41 Å². The summed E-state index contributed by atoms with van der Waals surface area (Å²) in [7, 11) is 0. The minimum atomic E-state index is 0.986. The molecule has 1 N–H and O–H groups in total. The second kappa shape index (κ2) is 12.5. The van der Waals surface area contributed by atoms with Crippen molar-refractivity contribution in [1.29, 1.82) is 5.41 Å². The third kappa shape index (κ3) is 5.37. The molecule has 1 aromatic heterocycles. The van der Waals surface area contributed by atoms with Crippen LogP contribution in [0.3, 0.4) is 0 Å². The molecule has 7 rings (SSSR count). The zero-order valence-electron chi connectivity index (χ0n) is 26.7. The quantitative estimate of drug-likeness (QED) is 0.141. The Balaban J connectivity index is 1.34. The number of hydrogen-bond acceptors (Lipinski definition) is 1. The highest BCUT2D eigenvalue weighted by Crippen LogP contribution is 2.41. The fourth-order valence-corrected chi connectivity index (χ4v) is 6.69. The molecule has 0 aliphatic heterocycles. The van der Waals surface area contributed by atoms with E-state index in [-0.39, 0.29) is 0 Å². The van der Waals surface area contributed by atoms with Gasteiger partial charge in [0, 0.05) is 22.7 Å². The molecule has 0 saturated carbocycles. The zero-order chi connectivity index (χ0) is 31.6. The van der Waals surface area contributed by atoms with Crippen molar-refractivity contribution in [1.82, 2.24) is 4.57 Å². The first-order valence-electron chi connectivity index (χ1n) is 16.1. The van der Waals surface area contributed by atoms with E-state index in [2.05, 4.69) is 145 Å². The lowest BCUT2D eigenvalue weighted by atomic mass is 9.90. The molecule has 0 bridgehead atoms. The van der Waals surface area contributed by atoms with Gasteiger partial charge in [-0.3, -0.25) is 0 Å². The lowest BCUT2D eigenvalue weighted by molar-refractivity contribution is 0.981. The SMILES string of the molecule is C/C=C\C=C/c1ccc(C2=Cc3c(c4ccc5cc(-c6ccc(/C(C)=C(\C)C=N)cc6)ccc5c4n3-c3ccccc3)CC2)cc1. The van der Waals surface area contributed by atoms with Crippen LogP contribution in [0.1, 0.15) is 55.1 Å². The fourth-order valence-electron chi connectivity index (χ4n) is 6.69. The van der Waals surface area contributed by atoms with Gasteiger partial charge in [0.05, 0.1) is 11.2 Å². The minimum absolute atomic E-state index is 0.986. The van der Waals surface area contributed by atoms with E-state index in [9.17, 15) is 0 Å². The molecule has 224 valence electrons. The Morgan fingerprint density at radius 1 is 0.717 bits per heavy atom. The van der Waals surface area contributed by atoms with E-state index >= 15 is 0 Å². The molecular weight excluding hydrogens is 556 g/mol. The summed E-state index contributed by atoms with van der Waals surface area (Å²) >= 11 is 0. The molecule has 0 unspecified atom stereocenters. The van der Waals surface area contributed by atoms with Crippen molar-refractivity contribution >= 4 is 51.2 Å². The van der Waals surface area contributed by atoms with Gasteiger partial charge in [-0.25, -0.2) is 0 Å². The Labute approximate surface area is 271 Å². The summed E-state index contributed by atoms with van der Waals surface area (Å²) < 4.78 is 2.48. The fraction of sp³-hybridized carbons (Fsp3) is 0.114. The van der Waals surface area contributed by atoms with E-state index in [1.807, 2.05) is 19.9 Å². The number of hydrogen-bond donors (Lipinski definition) is 1. The number of aryl methyl sites for hydroxylation is 1. The molecule has 0 radical (unpaired) electrons. The molecule has 46 heavy (non-hydrogen) atoms. The van der Waals surface area contributed by atoms with E-state index in [1.54, 1.807) is 0 Å². The smallest absolute Gasteiger partial charge is 0.0616 e. The van der Waals surface area contributed by atoms with Crippen LogP contribution in [0.25, 0.3) is 61.8 Å². The molecule has 1 heterocycles. The molecule has 0 amide bonds. The highest BCUT2D eigenvalue weighted by molar-refractivity contribution is 6.11. The Kier molecular flexibility index (Phi) is 7.95. The van der Waals surface area contributed by atoms with Crippen molar-refractivity contribution in [3.05, 3.63) is 161 Å². The molecule has 1 aliphatic rings. The van der Waals surface area contributed by atoms with Crippen molar-refractivity contribution in [3.8, 4) is 16.8 Å². The van der Waals surface area contributed by atoms with Gasteiger partial charge in [0.2, 0.25) is 0 Å². The van der Waals surface area contributed by atoms with Crippen LogP contribution >= 0.6 is 0 Å². The number of nitrogens with zero attached hydrogens (tertiary/aromatic N) is 1. The maximum atomic E-state index is 7.60. The van der Waals surface area contributed by atoms with Gasteiger partial charge in [-0.1, -0.05) is 115 Å². The van der Waals surface area contributed by atoms with E-state index in [0.717, 1.165) is 29.6 Å². The number of allylic oxidation sites excluding steroid dienone is 6. The van der Waals surface area contributed by atoms with Crippen LogP contribution in [-0.2, 0) is 6.42 Å². The average Bonchev–Trinajstić information content (AvgIpc) is 3.45. The molecule has 0 atom stereocenters. The van der Waals surface area contributed by atoms with Crippen molar-refractivity contribution in [2.75, 3.05) is 0 Å². The normalized spacial score (nSPS) is 13.8. The zero-order valence-corrected chi connectivity index (χ0v) is 26.7. The van der Waals surface area contributed by atoms with Crippen LogP contribution in [-0.4, -0.2) is 10.8 Å². The third-order valence-corrected chi connectivity index (χ3v) is 9.39. The Morgan fingerprint density at radius 3 is 2.17 bits per heavy atom. The Hall–Kier alpha value is -5.47. The van der Waals surface area contributed by atoms with Gasteiger partial charge in [0.1, 0.15) is 0 Å². The maximum absolute atomic E-state index is 7.60. The summed E-state index contributed by atoms with van der Waals surface area (Å²) in [6.45, 7) is 6.10. The van der Waals surface area contributed by atoms with Crippen molar-refractivity contribution in [2.24, 2.45) is 0 Å². The molecule has 2 heteroatoms. The molecule has 6 aromatic rings. The number of benzene rings is 5. The second-order valence-electron chi connectivity index (χ2n) is 12.1. The summed E-state index contributed by atoms with van der Waals surface area (Å²) in [6.07, 6.45) is 14.2. The number of rotatable bonds is 7. The van der Waals surface area contributed by atoms with E-state index in [4.69, 9.17) is 5.41 Å². The first-order chi connectivity index (χ1) is 22.6. The van der Waals surface area contributed by atoms with Gasteiger partial charge in [0.15, 0.2) is 0 Å². The van der Waals surface area contributed by atoms with Gasteiger partial charge < -0.3 is 9.98 Å². The largest absolute Gasteiger partial charge is 0.309 e. The summed E-state index contributed by atoms with van der Waals surface area (Å²) in [6, 6.07) is 40.0. The van der Waals surface area contributed by atoms with Gasteiger partial charge in [0.25, 0.3) is 0 Å². The highest BCUT2D eigenvalue weighted by Gasteiger charge is 2.23. The van der Waals surface area contributed by atoms with Crippen molar-refractivity contribution in [3.63, 3.8) is 0 Å². The molecule has 0 spiro atoms. The predicted molar refractivity (Wildman–Crippen MR) is 200 cm³/mol. The average molecular weight is 595 g/mol. The molecule has 0 fully saturated rings. The minimum Gasteiger partial charge on any atom is -0.309 e. The lowest BCUT2D eigenvalue weighted by Gasteiger charge is -2.17.